The van der Waals surface area contributed by atoms with Crippen LogP contribution in [-0.2, 0) is 10.2 Å². The predicted octanol–water partition coefficient (Wildman–Crippen LogP) is 4.53. The maximum atomic E-state index is 6.30. The predicted molar refractivity (Wildman–Crippen MR) is 77.3 cm³/mol. The first kappa shape index (κ1) is 13.9. The lowest BCUT2D eigenvalue weighted by atomic mass is 9.75. The lowest BCUT2D eigenvalue weighted by Crippen LogP contribution is -2.29. The molecule has 1 aliphatic heterocycles. The van der Waals surface area contributed by atoms with Crippen LogP contribution in [0.5, 0.6) is 0 Å². The number of halogens is 1. The molecule has 0 radical (unpaired) electrons. The molecule has 0 N–H and O–H groups in total. The molecule has 100 valence electrons. The van der Waals surface area contributed by atoms with Crippen LogP contribution < -0.4 is 0 Å². The van der Waals surface area contributed by atoms with E-state index in [4.69, 9.17) is 16.3 Å². The molecular weight excluding hydrogens is 244 g/mol. The van der Waals surface area contributed by atoms with E-state index in [-0.39, 0.29) is 5.41 Å². The van der Waals surface area contributed by atoms with Crippen LogP contribution in [0.3, 0.4) is 0 Å². The normalized spacial score (nSPS) is 22.9. The Morgan fingerprint density at radius 3 is 2.67 bits per heavy atom. The van der Waals surface area contributed by atoms with Crippen molar-refractivity contribution in [1.29, 1.82) is 0 Å². The van der Waals surface area contributed by atoms with Crippen molar-refractivity contribution >= 4 is 11.6 Å². The van der Waals surface area contributed by atoms with Gasteiger partial charge in [0, 0.05) is 17.9 Å². The van der Waals surface area contributed by atoms with Gasteiger partial charge in [-0.1, -0.05) is 37.3 Å². The molecule has 2 unspecified atom stereocenters. The molecular formula is C16H23ClO. The number of hydrogen-bond donors (Lipinski definition) is 0. The molecule has 1 heterocycles. The topological polar surface area (TPSA) is 9.23 Å². The number of benzene rings is 1. The van der Waals surface area contributed by atoms with Gasteiger partial charge in [-0.25, -0.2) is 0 Å². The number of alkyl halides is 1. The zero-order chi connectivity index (χ0) is 12.8. The third-order valence-electron chi connectivity index (χ3n) is 4.29. The largest absolute Gasteiger partial charge is 0.378 e. The molecule has 0 aromatic heterocycles. The highest BCUT2D eigenvalue weighted by Crippen LogP contribution is 2.36. The Balaban J connectivity index is 2.06. The second kappa shape index (κ2) is 6.58. The first-order valence-electron chi connectivity index (χ1n) is 7.04. The van der Waals surface area contributed by atoms with Crippen LogP contribution >= 0.6 is 11.6 Å². The van der Waals surface area contributed by atoms with Crippen molar-refractivity contribution in [3.05, 3.63) is 35.9 Å². The first-order valence-corrected chi connectivity index (χ1v) is 7.57. The van der Waals surface area contributed by atoms with Gasteiger partial charge in [0.05, 0.1) is 6.10 Å². The van der Waals surface area contributed by atoms with E-state index in [1.807, 2.05) is 0 Å². The Labute approximate surface area is 115 Å². The van der Waals surface area contributed by atoms with Crippen LogP contribution in [0.2, 0.25) is 0 Å². The summed E-state index contributed by atoms with van der Waals surface area (Å²) in [5.41, 5.74) is 1.50. The summed E-state index contributed by atoms with van der Waals surface area (Å²) < 4.78 is 5.73. The molecule has 1 aromatic rings. The highest BCUT2D eigenvalue weighted by Gasteiger charge is 2.30. The van der Waals surface area contributed by atoms with Crippen LogP contribution in [0.15, 0.2) is 30.3 Å². The molecule has 0 saturated carbocycles. The summed E-state index contributed by atoms with van der Waals surface area (Å²) in [5.74, 6) is 0.695. The van der Waals surface area contributed by atoms with Crippen LogP contribution in [0.1, 0.15) is 44.6 Å². The van der Waals surface area contributed by atoms with Crippen molar-refractivity contribution in [2.45, 2.75) is 50.5 Å². The zero-order valence-corrected chi connectivity index (χ0v) is 12.0. The Bertz CT molecular complexity index is 339. The highest BCUT2D eigenvalue weighted by atomic mass is 35.5. The molecule has 0 amide bonds. The van der Waals surface area contributed by atoms with Gasteiger partial charge in [-0.05, 0) is 37.7 Å². The summed E-state index contributed by atoms with van der Waals surface area (Å²) in [6.45, 7) is 3.18. The van der Waals surface area contributed by atoms with E-state index in [9.17, 15) is 0 Å². The van der Waals surface area contributed by atoms with Crippen molar-refractivity contribution in [3.63, 3.8) is 0 Å². The Hall–Kier alpha value is -0.530. The lowest BCUT2D eigenvalue weighted by molar-refractivity contribution is 0.0963. The maximum absolute atomic E-state index is 6.30. The molecule has 2 rings (SSSR count). The minimum atomic E-state index is 0.120. The van der Waals surface area contributed by atoms with E-state index in [0.717, 1.165) is 25.9 Å². The smallest absolute Gasteiger partial charge is 0.0576 e. The second-order valence-corrected chi connectivity index (χ2v) is 5.57. The summed E-state index contributed by atoms with van der Waals surface area (Å²) in [4.78, 5) is 0. The summed E-state index contributed by atoms with van der Waals surface area (Å²) >= 11 is 6.30. The van der Waals surface area contributed by atoms with Gasteiger partial charge in [-0.3, -0.25) is 0 Å². The third-order valence-corrected chi connectivity index (χ3v) is 4.80. The van der Waals surface area contributed by atoms with E-state index in [0.29, 0.717) is 12.0 Å². The highest BCUT2D eigenvalue weighted by molar-refractivity contribution is 6.18. The fourth-order valence-corrected chi connectivity index (χ4v) is 3.34. The summed E-state index contributed by atoms with van der Waals surface area (Å²) in [6, 6.07) is 10.7. The third kappa shape index (κ3) is 3.07. The molecule has 0 bridgehead atoms. The van der Waals surface area contributed by atoms with Crippen molar-refractivity contribution in [2.75, 3.05) is 12.5 Å². The van der Waals surface area contributed by atoms with Gasteiger partial charge in [0.1, 0.15) is 0 Å². The molecule has 1 aliphatic rings. The summed E-state index contributed by atoms with van der Waals surface area (Å²) in [7, 11) is 0. The monoisotopic (exact) mass is 266 g/mol. The standard InChI is InChI=1S/C16H23ClO/c1-2-16(13-17,14-7-4-3-5-8-14)11-10-15-9-6-12-18-15/h3-5,7-8,15H,2,6,9-13H2,1H3. The second-order valence-electron chi connectivity index (χ2n) is 5.31. The van der Waals surface area contributed by atoms with Crippen molar-refractivity contribution < 1.29 is 4.74 Å². The molecule has 18 heavy (non-hydrogen) atoms. The first-order chi connectivity index (χ1) is 8.80. The minimum absolute atomic E-state index is 0.120. The average molecular weight is 267 g/mol. The molecule has 1 nitrogen and oxygen atoms in total. The number of hydrogen-bond acceptors (Lipinski definition) is 1. The van der Waals surface area contributed by atoms with E-state index in [1.165, 1.54) is 18.4 Å². The van der Waals surface area contributed by atoms with Gasteiger partial charge < -0.3 is 4.74 Å². The van der Waals surface area contributed by atoms with E-state index in [2.05, 4.69) is 37.3 Å². The maximum Gasteiger partial charge on any atom is 0.0576 e. The molecule has 1 aromatic carbocycles. The Morgan fingerprint density at radius 2 is 2.11 bits per heavy atom. The SMILES string of the molecule is CCC(CCl)(CCC1CCCO1)c1ccccc1. The fraction of sp³-hybridized carbons (Fsp3) is 0.625. The molecule has 2 atom stereocenters. The lowest BCUT2D eigenvalue weighted by Gasteiger charge is -2.32. The summed E-state index contributed by atoms with van der Waals surface area (Å²) in [5, 5.41) is 0. The van der Waals surface area contributed by atoms with Crippen molar-refractivity contribution in [2.24, 2.45) is 0 Å². The van der Waals surface area contributed by atoms with Crippen molar-refractivity contribution in [1.82, 2.24) is 0 Å². The van der Waals surface area contributed by atoms with Crippen LogP contribution in [0.25, 0.3) is 0 Å². The van der Waals surface area contributed by atoms with Crippen LogP contribution in [0, 0.1) is 0 Å². The molecule has 2 heteroatoms. The van der Waals surface area contributed by atoms with Gasteiger partial charge >= 0.3 is 0 Å². The van der Waals surface area contributed by atoms with Gasteiger partial charge in [-0.15, -0.1) is 11.6 Å². The van der Waals surface area contributed by atoms with E-state index < -0.39 is 0 Å². The van der Waals surface area contributed by atoms with Crippen LogP contribution in [-0.4, -0.2) is 18.6 Å². The molecule has 0 aliphatic carbocycles. The van der Waals surface area contributed by atoms with Crippen molar-refractivity contribution in [3.8, 4) is 0 Å². The minimum Gasteiger partial charge on any atom is -0.378 e. The van der Waals surface area contributed by atoms with Gasteiger partial charge in [0.25, 0.3) is 0 Å². The fourth-order valence-electron chi connectivity index (χ4n) is 2.86. The van der Waals surface area contributed by atoms with Crippen LogP contribution in [0.4, 0.5) is 0 Å². The number of ether oxygens (including phenoxy) is 1. The van der Waals surface area contributed by atoms with Gasteiger partial charge in [0.15, 0.2) is 0 Å². The summed E-state index contributed by atoms with van der Waals surface area (Å²) in [6.07, 6.45) is 6.25. The van der Waals surface area contributed by atoms with Gasteiger partial charge in [0.2, 0.25) is 0 Å². The Kier molecular flexibility index (Phi) is 5.08. The zero-order valence-electron chi connectivity index (χ0n) is 11.2. The average Bonchev–Trinajstić information content (AvgIpc) is 2.95. The molecule has 0 spiro atoms. The van der Waals surface area contributed by atoms with Gasteiger partial charge in [-0.2, -0.15) is 0 Å². The molecule has 1 fully saturated rings. The molecule has 1 saturated heterocycles. The quantitative estimate of drug-likeness (QED) is 0.688. The van der Waals surface area contributed by atoms with E-state index in [1.54, 1.807) is 0 Å². The van der Waals surface area contributed by atoms with E-state index >= 15 is 0 Å². The Morgan fingerprint density at radius 1 is 1.33 bits per heavy atom. The number of rotatable bonds is 6.